The first-order chi connectivity index (χ1) is 8.72. The van der Waals surface area contributed by atoms with Gasteiger partial charge < -0.3 is 10.4 Å². The smallest absolute Gasteiger partial charge is 0.244 e. The maximum Gasteiger partial charge on any atom is 0.244 e. The SMILES string of the molecule is CC=CC=CC(=O)N[C@H]1c2ccccc2C[C@H]1O. The van der Waals surface area contributed by atoms with Gasteiger partial charge in [0, 0.05) is 12.5 Å². The first-order valence-electron chi connectivity index (χ1n) is 6.08. The molecular weight excluding hydrogens is 226 g/mol. The molecular formula is C15H17NO2. The van der Waals surface area contributed by atoms with Crippen LogP contribution < -0.4 is 5.32 Å². The molecule has 0 saturated heterocycles. The van der Waals surface area contributed by atoms with E-state index in [4.69, 9.17) is 0 Å². The summed E-state index contributed by atoms with van der Waals surface area (Å²) in [6.45, 7) is 1.89. The molecule has 1 aliphatic carbocycles. The number of carbonyl (C=O) groups excluding carboxylic acids is 1. The molecule has 0 aliphatic heterocycles. The molecule has 0 unspecified atom stereocenters. The highest BCUT2D eigenvalue weighted by molar-refractivity contribution is 5.88. The van der Waals surface area contributed by atoms with E-state index in [1.165, 1.54) is 6.08 Å². The van der Waals surface area contributed by atoms with E-state index in [2.05, 4.69) is 5.32 Å². The van der Waals surface area contributed by atoms with Crippen LogP contribution in [-0.2, 0) is 11.2 Å². The Morgan fingerprint density at radius 1 is 1.39 bits per heavy atom. The van der Waals surface area contributed by atoms with Gasteiger partial charge in [-0.1, -0.05) is 42.5 Å². The summed E-state index contributed by atoms with van der Waals surface area (Å²) in [6, 6.07) is 7.50. The molecule has 0 aromatic heterocycles. The zero-order valence-corrected chi connectivity index (χ0v) is 10.3. The first-order valence-corrected chi connectivity index (χ1v) is 6.08. The Balaban J connectivity index is 2.08. The zero-order chi connectivity index (χ0) is 13.0. The predicted molar refractivity (Wildman–Crippen MR) is 71.0 cm³/mol. The van der Waals surface area contributed by atoms with Crippen molar-refractivity contribution >= 4 is 5.91 Å². The Morgan fingerprint density at radius 2 is 2.17 bits per heavy atom. The van der Waals surface area contributed by atoms with Crippen molar-refractivity contribution in [3.8, 4) is 0 Å². The molecule has 2 rings (SSSR count). The van der Waals surface area contributed by atoms with Crippen LogP contribution in [0.25, 0.3) is 0 Å². The lowest BCUT2D eigenvalue weighted by molar-refractivity contribution is -0.117. The fourth-order valence-corrected chi connectivity index (χ4v) is 2.20. The van der Waals surface area contributed by atoms with Gasteiger partial charge in [-0.2, -0.15) is 0 Å². The van der Waals surface area contributed by atoms with Gasteiger partial charge in [0.05, 0.1) is 12.1 Å². The molecule has 0 bridgehead atoms. The molecule has 2 N–H and O–H groups in total. The van der Waals surface area contributed by atoms with E-state index < -0.39 is 6.10 Å². The number of nitrogens with one attached hydrogen (secondary N) is 1. The minimum Gasteiger partial charge on any atom is -0.390 e. The minimum absolute atomic E-state index is 0.186. The van der Waals surface area contributed by atoms with Gasteiger partial charge >= 0.3 is 0 Å². The number of allylic oxidation sites excluding steroid dienone is 3. The van der Waals surface area contributed by atoms with Crippen LogP contribution in [0.2, 0.25) is 0 Å². The summed E-state index contributed by atoms with van der Waals surface area (Å²) in [5.74, 6) is -0.186. The van der Waals surface area contributed by atoms with Gasteiger partial charge in [-0.15, -0.1) is 0 Å². The fraction of sp³-hybridized carbons (Fsp3) is 0.267. The quantitative estimate of drug-likeness (QED) is 0.629. The largest absolute Gasteiger partial charge is 0.390 e. The number of aliphatic hydroxyl groups excluding tert-OH is 1. The summed E-state index contributed by atoms with van der Waals surface area (Å²) in [4.78, 5) is 11.7. The molecule has 0 fully saturated rings. The lowest BCUT2D eigenvalue weighted by Crippen LogP contribution is -2.32. The van der Waals surface area contributed by atoms with E-state index in [1.807, 2.05) is 37.3 Å². The first kappa shape index (κ1) is 12.6. The highest BCUT2D eigenvalue weighted by Crippen LogP contribution is 2.31. The van der Waals surface area contributed by atoms with Crippen molar-refractivity contribution in [3.63, 3.8) is 0 Å². The molecule has 18 heavy (non-hydrogen) atoms. The normalized spacial score (nSPS) is 22.6. The van der Waals surface area contributed by atoms with Gasteiger partial charge in [0.1, 0.15) is 0 Å². The van der Waals surface area contributed by atoms with E-state index >= 15 is 0 Å². The number of amides is 1. The summed E-state index contributed by atoms with van der Waals surface area (Å²) in [5, 5.41) is 12.8. The van der Waals surface area contributed by atoms with E-state index in [-0.39, 0.29) is 11.9 Å². The number of fused-ring (bicyclic) bond motifs is 1. The summed E-state index contributed by atoms with van der Waals surface area (Å²) >= 11 is 0. The molecule has 0 heterocycles. The second kappa shape index (κ2) is 5.65. The van der Waals surface area contributed by atoms with Crippen LogP contribution in [-0.4, -0.2) is 17.1 Å². The van der Waals surface area contributed by atoms with Crippen molar-refractivity contribution in [3.05, 3.63) is 59.7 Å². The van der Waals surface area contributed by atoms with Gasteiger partial charge in [0.2, 0.25) is 5.91 Å². The summed E-state index contributed by atoms with van der Waals surface area (Å²) in [6.07, 6.45) is 6.85. The third-order valence-corrected chi connectivity index (χ3v) is 3.05. The van der Waals surface area contributed by atoms with Crippen LogP contribution in [0.3, 0.4) is 0 Å². The molecule has 2 atom stereocenters. The number of hydrogen-bond donors (Lipinski definition) is 2. The number of benzene rings is 1. The van der Waals surface area contributed by atoms with Gasteiger partial charge in [-0.05, 0) is 18.1 Å². The highest BCUT2D eigenvalue weighted by Gasteiger charge is 2.31. The van der Waals surface area contributed by atoms with Crippen LogP contribution in [0.4, 0.5) is 0 Å². The van der Waals surface area contributed by atoms with Gasteiger partial charge in [0.15, 0.2) is 0 Å². The molecule has 3 nitrogen and oxygen atoms in total. The summed E-state index contributed by atoms with van der Waals surface area (Å²) in [7, 11) is 0. The topological polar surface area (TPSA) is 49.3 Å². The molecule has 0 radical (unpaired) electrons. The van der Waals surface area contributed by atoms with Crippen molar-refractivity contribution in [2.45, 2.75) is 25.5 Å². The Kier molecular flexibility index (Phi) is 3.95. The van der Waals surface area contributed by atoms with Crippen LogP contribution in [0.5, 0.6) is 0 Å². The Morgan fingerprint density at radius 3 is 2.94 bits per heavy atom. The Bertz CT molecular complexity index is 491. The third kappa shape index (κ3) is 2.68. The number of rotatable bonds is 3. The maximum absolute atomic E-state index is 11.7. The summed E-state index contributed by atoms with van der Waals surface area (Å²) < 4.78 is 0. The predicted octanol–water partition coefficient (Wildman–Crippen LogP) is 1.89. The second-order valence-corrected chi connectivity index (χ2v) is 4.34. The van der Waals surface area contributed by atoms with Crippen LogP contribution >= 0.6 is 0 Å². The van der Waals surface area contributed by atoms with Gasteiger partial charge in [-0.25, -0.2) is 0 Å². The average molecular weight is 243 g/mol. The molecule has 1 aromatic rings. The fourth-order valence-electron chi connectivity index (χ4n) is 2.20. The van der Waals surface area contributed by atoms with Crippen LogP contribution in [0, 0.1) is 0 Å². The molecule has 1 aliphatic rings. The van der Waals surface area contributed by atoms with E-state index in [9.17, 15) is 9.90 Å². The monoisotopic (exact) mass is 243 g/mol. The number of carbonyl (C=O) groups is 1. The highest BCUT2D eigenvalue weighted by atomic mass is 16.3. The van der Waals surface area contributed by atoms with Gasteiger partial charge in [-0.3, -0.25) is 4.79 Å². The Labute approximate surface area is 107 Å². The number of hydrogen-bond acceptors (Lipinski definition) is 2. The van der Waals surface area contributed by atoms with E-state index in [0.717, 1.165) is 11.1 Å². The molecule has 0 spiro atoms. The third-order valence-electron chi connectivity index (χ3n) is 3.05. The maximum atomic E-state index is 11.7. The zero-order valence-electron chi connectivity index (χ0n) is 10.3. The lowest BCUT2D eigenvalue weighted by atomic mass is 10.1. The summed E-state index contributed by atoms with van der Waals surface area (Å²) in [5.41, 5.74) is 2.12. The second-order valence-electron chi connectivity index (χ2n) is 4.34. The standard InChI is InChI=1S/C15H17NO2/c1-2-3-4-9-14(18)16-15-12-8-6-5-7-11(12)10-13(15)17/h2-9,13,15,17H,10H2,1H3,(H,16,18)/t13-,15+/m1/s1. The molecule has 3 heteroatoms. The molecule has 0 saturated carbocycles. The Hall–Kier alpha value is -1.87. The molecule has 94 valence electrons. The average Bonchev–Trinajstić information content (AvgIpc) is 2.67. The van der Waals surface area contributed by atoms with E-state index in [0.29, 0.717) is 6.42 Å². The molecule has 1 amide bonds. The van der Waals surface area contributed by atoms with Crippen LogP contribution in [0.15, 0.2) is 48.6 Å². The van der Waals surface area contributed by atoms with Crippen molar-refractivity contribution in [2.75, 3.05) is 0 Å². The van der Waals surface area contributed by atoms with Crippen LogP contribution in [0.1, 0.15) is 24.1 Å². The molecule has 1 aromatic carbocycles. The van der Waals surface area contributed by atoms with Crippen molar-refractivity contribution < 1.29 is 9.90 Å². The van der Waals surface area contributed by atoms with Gasteiger partial charge in [0.25, 0.3) is 0 Å². The lowest BCUT2D eigenvalue weighted by Gasteiger charge is -2.16. The van der Waals surface area contributed by atoms with E-state index in [1.54, 1.807) is 12.2 Å². The van der Waals surface area contributed by atoms with Crippen molar-refractivity contribution in [2.24, 2.45) is 0 Å². The van der Waals surface area contributed by atoms with Crippen molar-refractivity contribution in [1.82, 2.24) is 5.32 Å². The van der Waals surface area contributed by atoms with Crippen molar-refractivity contribution in [1.29, 1.82) is 0 Å². The number of aliphatic hydroxyl groups is 1. The minimum atomic E-state index is -0.540.